The van der Waals surface area contributed by atoms with Crippen molar-refractivity contribution in [2.45, 2.75) is 38.2 Å². The zero-order valence-corrected chi connectivity index (χ0v) is 15.5. The number of Topliss-reactive ketones (excluding diaryl/α,β-unsaturated/α-hetero) is 1. The second kappa shape index (κ2) is 8.99. The van der Waals surface area contributed by atoms with Crippen molar-refractivity contribution in [2.75, 3.05) is 32.8 Å². The third-order valence-electron chi connectivity index (χ3n) is 5.65. The molecule has 1 atom stereocenters. The van der Waals surface area contributed by atoms with Crippen LogP contribution in [0.4, 0.5) is 0 Å². The molecule has 6 heteroatoms. The minimum Gasteiger partial charge on any atom is -0.489 e. The Hall–Kier alpha value is -2.41. The first-order valence-corrected chi connectivity index (χ1v) is 9.56. The van der Waals surface area contributed by atoms with Crippen molar-refractivity contribution in [3.63, 3.8) is 0 Å². The third kappa shape index (κ3) is 4.13. The number of nitrogens with zero attached hydrogens (tertiary/aromatic N) is 3. The fourth-order valence-corrected chi connectivity index (χ4v) is 4.13. The van der Waals surface area contributed by atoms with E-state index < -0.39 is 5.41 Å². The highest BCUT2D eigenvalue weighted by atomic mass is 16.5. The molecule has 0 aromatic heterocycles. The summed E-state index contributed by atoms with van der Waals surface area (Å²) in [6.45, 7) is 4.01. The van der Waals surface area contributed by atoms with Crippen molar-refractivity contribution >= 4 is 5.78 Å². The summed E-state index contributed by atoms with van der Waals surface area (Å²) in [5.74, 6) is 0.626. The summed E-state index contributed by atoms with van der Waals surface area (Å²) in [5, 5.41) is 18.3. The van der Waals surface area contributed by atoms with E-state index in [0.29, 0.717) is 30.6 Å². The molecule has 2 aliphatic heterocycles. The monoisotopic (exact) mass is 367 g/mol. The van der Waals surface area contributed by atoms with Gasteiger partial charge in [0.15, 0.2) is 5.78 Å². The van der Waals surface area contributed by atoms with E-state index in [1.54, 1.807) is 6.07 Å². The predicted molar refractivity (Wildman–Crippen MR) is 99.2 cm³/mol. The SMILES string of the molecule is N#CCCC1(CCC#N)C(=O)c2ccccc2OC1CCN1CCOCC1. The number of carbonyl (C=O) groups is 1. The summed E-state index contributed by atoms with van der Waals surface area (Å²) < 4.78 is 11.7. The summed E-state index contributed by atoms with van der Waals surface area (Å²) in [6, 6.07) is 11.6. The zero-order valence-electron chi connectivity index (χ0n) is 15.5. The van der Waals surface area contributed by atoms with Gasteiger partial charge in [-0.3, -0.25) is 9.69 Å². The van der Waals surface area contributed by atoms with Gasteiger partial charge in [-0.2, -0.15) is 10.5 Å². The number of para-hydroxylation sites is 1. The van der Waals surface area contributed by atoms with Crippen LogP contribution in [0.3, 0.4) is 0 Å². The van der Waals surface area contributed by atoms with Gasteiger partial charge >= 0.3 is 0 Å². The second-order valence-corrected chi connectivity index (χ2v) is 7.15. The molecule has 1 aromatic carbocycles. The quantitative estimate of drug-likeness (QED) is 0.736. The lowest BCUT2D eigenvalue weighted by Gasteiger charge is -2.43. The first-order chi connectivity index (χ1) is 13.2. The highest BCUT2D eigenvalue weighted by molar-refractivity contribution is 6.04. The summed E-state index contributed by atoms with van der Waals surface area (Å²) in [4.78, 5) is 15.8. The maximum Gasteiger partial charge on any atom is 0.176 e. The van der Waals surface area contributed by atoms with Gasteiger partial charge in [0.25, 0.3) is 0 Å². The lowest BCUT2D eigenvalue weighted by molar-refractivity contribution is -0.00133. The molecular formula is C21H25N3O3. The van der Waals surface area contributed by atoms with Gasteiger partial charge in [0.1, 0.15) is 11.9 Å². The fourth-order valence-electron chi connectivity index (χ4n) is 4.13. The molecular weight excluding hydrogens is 342 g/mol. The summed E-state index contributed by atoms with van der Waals surface area (Å²) >= 11 is 0. The van der Waals surface area contributed by atoms with Crippen LogP contribution in [-0.4, -0.2) is 49.6 Å². The van der Waals surface area contributed by atoms with E-state index in [1.165, 1.54) is 0 Å². The molecule has 0 N–H and O–H groups in total. The van der Waals surface area contributed by atoms with E-state index in [-0.39, 0.29) is 24.7 Å². The van der Waals surface area contributed by atoms with Crippen LogP contribution in [0.25, 0.3) is 0 Å². The highest BCUT2D eigenvalue weighted by Gasteiger charge is 2.50. The Balaban J connectivity index is 1.88. The normalized spacial score (nSPS) is 21.6. The maximum atomic E-state index is 13.5. The Kier molecular flexibility index (Phi) is 6.45. The van der Waals surface area contributed by atoms with Crippen LogP contribution in [0.2, 0.25) is 0 Å². The van der Waals surface area contributed by atoms with Crippen LogP contribution >= 0.6 is 0 Å². The standard InChI is InChI=1S/C21H25N3O3/c22-10-3-8-21(9-4-11-23)19(7-12-24-13-15-26-16-14-24)27-18-6-2-1-5-17(18)20(21)25/h1-2,5-6,19H,3-4,7-9,12-16H2. The Labute approximate surface area is 160 Å². The molecule has 142 valence electrons. The molecule has 27 heavy (non-hydrogen) atoms. The summed E-state index contributed by atoms with van der Waals surface area (Å²) in [6.07, 6.45) is 1.76. The van der Waals surface area contributed by atoms with E-state index in [4.69, 9.17) is 20.0 Å². The van der Waals surface area contributed by atoms with Crippen LogP contribution in [0.15, 0.2) is 24.3 Å². The summed E-state index contributed by atoms with van der Waals surface area (Å²) in [7, 11) is 0. The third-order valence-corrected chi connectivity index (χ3v) is 5.65. The van der Waals surface area contributed by atoms with Gasteiger partial charge in [-0.05, 0) is 31.4 Å². The zero-order chi connectivity index (χ0) is 19.1. The number of morpholine rings is 1. The molecule has 1 unspecified atom stereocenters. The van der Waals surface area contributed by atoms with Crippen molar-refractivity contribution in [1.29, 1.82) is 10.5 Å². The molecule has 0 saturated carbocycles. The first-order valence-electron chi connectivity index (χ1n) is 9.56. The lowest BCUT2D eigenvalue weighted by atomic mass is 9.67. The Morgan fingerprint density at radius 3 is 2.44 bits per heavy atom. The van der Waals surface area contributed by atoms with E-state index in [0.717, 1.165) is 32.8 Å². The Morgan fingerprint density at radius 1 is 1.11 bits per heavy atom. The van der Waals surface area contributed by atoms with Crippen molar-refractivity contribution in [2.24, 2.45) is 5.41 Å². The molecule has 1 fully saturated rings. The van der Waals surface area contributed by atoms with Crippen LogP contribution < -0.4 is 4.74 Å². The number of benzene rings is 1. The number of ketones is 1. The molecule has 0 radical (unpaired) electrons. The average molecular weight is 367 g/mol. The van der Waals surface area contributed by atoms with Gasteiger partial charge in [-0.25, -0.2) is 0 Å². The molecule has 2 heterocycles. The van der Waals surface area contributed by atoms with Crippen molar-refractivity contribution in [3.05, 3.63) is 29.8 Å². The number of nitriles is 2. The lowest BCUT2D eigenvalue weighted by Crippen LogP contribution is -2.50. The van der Waals surface area contributed by atoms with Crippen LogP contribution in [0.1, 0.15) is 42.5 Å². The maximum absolute atomic E-state index is 13.5. The topological polar surface area (TPSA) is 86.4 Å². The van der Waals surface area contributed by atoms with Crippen LogP contribution in [0, 0.1) is 28.1 Å². The van der Waals surface area contributed by atoms with E-state index in [2.05, 4.69) is 17.0 Å². The highest BCUT2D eigenvalue weighted by Crippen LogP contribution is 2.46. The minimum atomic E-state index is -0.813. The molecule has 0 spiro atoms. The molecule has 0 bridgehead atoms. The molecule has 3 rings (SSSR count). The van der Waals surface area contributed by atoms with Gasteiger partial charge in [-0.15, -0.1) is 0 Å². The Bertz CT molecular complexity index is 726. The van der Waals surface area contributed by atoms with Gasteiger partial charge in [-0.1, -0.05) is 12.1 Å². The van der Waals surface area contributed by atoms with Gasteiger partial charge < -0.3 is 9.47 Å². The predicted octanol–water partition coefficient (Wildman–Crippen LogP) is 2.95. The molecule has 6 nitrogen and oxygen atoms in total. The molecule has 1 saturated heterocycles. The number of ether oxygens (including phenoxy) is 2. The Morgan fingerprint density at radius 2 is 1.78 bits per heavy atom. The summed E-state index contributed by atoms with van der Waals surface area (Å²) in [5.41, 5.74) is -0.248. The first kappa shape index (κ1) is 19.4. The van der Waals surface area contributed by atoms with E-state index >= 15 is 0 Å². The molecule has 0 aliphatic carbocycles. The van der Waals surface area contributed by atoms with Crippen LogP contribution in [-0.2, 0) is 4.74 Å². The van der Waals surface area contributed by atoms with Gasteiger partial charge in [0.2, 0.25) is 0 Å². The number of hydrogen-bond donors (Lipinski definition) is 0. The molecule has 0 amide bonds. The minimum absolute atomic E-state index is 0.0156. The smallest absolute Gasteiger partial charge is 0.176 e. The van der Waals surface area contributed by atoms with Crippen molar-refractivity contribution < 1.29 is 14.3 Å². The van der Waals surface area contributed by atoms with E-state index in [1.807, 2.05) is 18.2 Å². The number of fused-ring (bicyclic) bond motifs is 1. The molecule has 1 aromatic rings. The largest absolute Gasteiger partial charge is 0.489 e. The van der Waals surface area contributed by atoms with Gasteiger partial charge in [0.05, 0.1) is 36.3 Å². The second-order valence-electron chi connectivity index (χ2n) is 7.15. The number of hydrogen-bond acceptors (Lipinski definition) is 6. The van der Waals surface area contributed by atoms with Crippen molar-refractivity contribution in [3.8, 4) is 17.9 Å². The van der Waals surface area contributed by atoms with Gasteiger partial charge in [0, 0.05) is 32.5 Å². The number of rotatable bonds is 7. The number of carbonyl (C=O) groups excluding carboxylic acids is 1. The average Bonchev–Trinajstić information content (AvgIpc) is 2.72. The van der Waals surface area contributed by atoms with Crippen LogP contribution in [0.5, 0.6) is 5.75 Å². The van der Waals surface area contributed by atoms with E-state index in [9.17, 15) is 4.79 Å². The van der Waals surface area contributed by atoms with Crippen molar-refractivity contribution in [1.82, 2.24) is 4.90 Å². The fraction of sp³-hybridized carbons (Fsp3) is 0.571. The molecule has 2 aliphatic rings.